The molecule has 0 fully saturated rings. The molecular weight excluding hydrogens is 251 g/mol. The average Bonchev–Trinajstić information content (AvgIpc) is 2.39. The van der Waals surface area contributed by atoms with Crippen molar-refractivity contribution in [2.75, 3.05) is 12.3 Å². The van der Waals surface area contributed by atoms with Crippen LogP contribution in [0.25, 0.3) is 0 Å². The Morgan fingerprint density at radius 1 is 1.67 bits per heavy atom. The number of benzene rings is 1. The number of halogens is 1. The van der Waals surface area contributed by atoms with Gasteiger partial charge >= 0.3 is 0 Å². The Labute approximate surface area is 110 Å². The van der Waals surface area contributed by atoms with Crippen LogP contribution in [0.4, 0.5) is 4.39 Å². The van der Waals surface area contributed by atoms with Crippen LogP contribution in [0.15, 0.2) is 23.1 Å². The van der Waals surface area contributed by atoms with E-state index in [4.69, 9.17) is 5.73 Å². The Morgan fingerprint density at radius 3 is 3.17 bits per heavy atom. The monoisotopic (exact) mass is 268 g/mol. The van der Waals surface area contributed by atoms with Crippen molar-refractivity contribution in [3.8, 4) is 0 Å². The van der Waals surface area contributed by atoms with E-state index in [-0.39, 0.29) is 23.7 Å². The van der Waals surface area contributed by atoms with Gasteiger partial charge in [0.05, 0.1) is 6.04 Å². The van der Waals surface area contributed by atoms with Gasteiger partial charge in [0.15, 0.2) is 0 Å². The molecule has 2 rings (SSSR count). The lowest BCUT2D eigenvalue weighted by molar-refractivity contribution is -0.125. The minimum absolute atomic E-state index is 0.0652. The van der Waals surface area contributed by atoms with Crippen molar-refractivity contribution < 1.29 is 9.18 Å². The van der Waals surface area contributed by atoms with E-state index in [1.165, 1.54) is 17.8 Å². The summed E-state index contributed by atoms with van der Waals surface area (Å²) in [5.41, 5.74) is 6.35. The Hall–Kier alpha value is -1.07. The highest BCUT2D eigenvalue weighted by Crippen LogP contribution is 2.37. The van der Waals surface area contributed by atoms with Crippen molar-refractivity contribution in [1.82, 2.24) is 5.32 Å². The summed E-state index contributed by atoms with van der Waals surface area (Å²) >= 11 is 1.51. The number of fused-ring (bicyclic) bond motifs is 1. The van der Waals surface area contributed by atoms with E-state index >= 15 is 0 Å². The average molecular weight is 268 g/mol. The summed E-state index contributed by atoms with van der Waals surface area (Å²) in [4.78, 5) is 12.5. The van der Waals surface area contributed by atoms with Crippen molar-refractivity contribution in [3.63, 3.8) is 0 Å². The molecule has 2 atom stereocenters. The summed E-state index contributed by atoms with van der Waals surface area (Å²) in [5, 5.41) is 2.95. The molecule has 1 aliphatic rings. The number of carbonyl (C=O) groups is 1. The fraction of sp³-hybridized carbons (Fsp3) is 0.462. The van der Waals surface area contributed by atoms with Gasteiger partial charge in [0.2, 0.25) is 5.91 Å². The summed E-state index contributed by atoms with van der Waals surface area (Å²) in [5.74, 6) is 0.333. The molecule has 0 spiro atoms. The Kier molecular flexibility index (Phi) is 4.24. The fourth-order valence-electron chi connectivity index (χ4n) is 1.96. The number of amides is 1. The lowest BCUT2D eigenvalue weighted by Crippen LogP contribution is -2.37. The van der Waals surface area contributed by atoms with Gasteiger partial charge in [-0.15, -0.1) is 11.8 Å². The van der Waals surface area contributed by atoms with Crippen molar-refractivity contribution in [1.29, 1.82) is 0 Å². The van der Waals surface area contributed by atoms with Crippen molar-refractivity contribution in [2.24, 2.45) is 11.7 Å². The third-order valence-corrected chi connectivity index (χ3v) is 4.30. The van der Waals surface area contributed by atoms with E-state index in [0.29, 0.717) is 11.4 Å². The highest BCUT2D eigenvalue weighted by molar-refractivity contribution is 7.99. The predicted octanol–water partition coefficient (Wildman–Crippen LogP) is 2.07. The lowest BCUT2D eigenvalue weighted by Gasteiger charge is -2.27. The third kappa shape index (κ3) is 2.67. The Bertz CT molecular complexity index is 453. The molecule has 1 amide bonds. The molecule has 3 N–H and O–H groups in total. The van der Waals surface area contributed by atoms with E-state index in [9.17, 15) is 9.18 Å². The van der Waals surface area contributed by atoms with Crippen LogP contribution in [0, 0.1) is 11.7 Å². The zero-order valence-electron chi connectivity index (χ0n) is 10.3. The van der Waals surface area contributed by atoms with Crippen LogP contribution in [0.2, 0.25) is 0 Å². The molecule has 0 bridgehead atoms. The zero-order chi connectivity index (χ0) is 13.1. The molecule has 0 saturated heterocycles. The van der Waals surface area contributed by atoms with E-state index < -0.39 is 0 Å². The van der Waals surface area contributed by atoms with Crippen LogP contribution < -0.4 is 11.1 Å². The second-order valence-electron chi connectivity index (χ2n) is 4.49. The second-order valence-corrected chi connectivity index (χ2v) is 5.60. The van der Waals surface area contributed by atoms with Crippen molar-refractivity contribution in [3.05, 3.63) is 29.6 Å². The molecule has 5 heteroatoms. The quantitative estimate of drug-likeness (QED) is 0.882. The number of hydrogen-bond donors (Lipinski definition) is 2. The summed E-state index contributed by atoms with van der Waals surface area (Å²) in [6.07, 6.45) is 0.824. The summed E-state index contributed by atoms with van der Waals surface area (Å²) in [6.45, 7) is 2.11. The number of nitrogens with two attached hydrogens (primary N) is 1. The number of nitrogens with one attached hydrogen (secondary N) is 1. The van der Waals surface area contributed by atoms with E-state index in [1.807, 2.05) is 6.07 Å². The van der Waals surface area contributed by atoms with Gasteiger partial charge in [0, 0.05) is 23.1 Å². The topological polar surface area (TPSA) is 55.1 Å². The zero-order valence-corrected chi connectivity index (χ0v) is 11.1. The highest BCUT2D eigenvalue weighted by Gasteiger charge is 2.25. The van der Waals surface area contributed by atoms with Crippen LogP contribution in [-0.4, -0.2) is 18.2 Å². The van der Waals surface area contributed by atoms with Crippen LogP contribution >= 0.6 is 11.8 Å². The number of thioether (sulfide) groups is 1. The minimum atomic E-state index is -0.211. The van der Waals surface area contributed by atoms with Gasteiger partial charge < -0.3 is 11.1 Å². The maximum atomic E-state index is 13.7. The predicted molar refractivity (Wildman–Crippen MR) is 70.8 cm³/mol. The number of carbonyl (C=O) groups excluding carboxylic acids is 1. The van der Waals surface area contributed by atoms with E-state index in [0.717, 1.165) is 17.7 Å². The van der Waals surface area contributed by atoms with Gasteiger partial charge in [-0.25, -0.2) is 4.39 Å². The van der Waals surface area contributed by atoms with Gasteiger partial charge in [-0.3, -0.25) is 4.79 Å². The van der Waals surface area contributed by atoms with Gasteiger partial charge in [-0.2, -0.15) is 0 Å². The molecule has 1 aliphatic heterocycles. The molecule has 1 heterocycles. The second kappa shape index (κ2) is 5.71. The summed E-state index contributed by atoms with van der Waals surface area (Å²) in [6, 6.07) is 4.92. The van der Waals surface area contributed by atoms with Gasteiger partial charge in [0.25, 0.3) is 0 Å². The summed E-state index contributed by atoms with van der Waals surface area (Å²) in [7, 11) is 0. The first-order valence-electron chi connectivity index (χ1n) is 6.05. The molecular formula is C13H17FN2OS. The molecule has 1 aromatic carbocycles. The normalized spacial score (nSPS) is 20.1. The lowest BCUT2D eigenvalue weighted by atomic mass is 10.0. The Morgan fingerprint density at radius 2 is 2.44 bits per heavy atom. The molecule has 2 unspecified atom stereocenters. The smallest absolute Gasteiger partial charge is 0.224 e. The van der Waals surface area contributed by atoms with Crippen molar-refractivity contribution in [2.45, 2.75) is 24.3 Å². The maximum Gasteiger partial charge on any atom is 0.224 e. The molecule has 3 nitrogen and oxygen atoms in total. The molecule has 0 radical (unpaired) electrons. The van der Waals surface area contributed by atoms with Crippen molar-refractivity contribution >= 4 is 17.7 Å². The molecule has 0 aromatic heterocycles. The van der Waals surface area contributed by atoms with Gasteiger partial charge in [-0.05, 0) is 18.1 Å². The van der Waals surface area contributed by atoms with Gasteiger partial charge in [-0.1, -0.05) is 19.1 Å². The standard InChI is InChI=1S/C13H17FN2OS/c1-8(7-15)13(17)16-11-5-6-18-12-9(11)3-2-4-10(12)14/h2-4,8,11H,5-7,15H2,1H3,(H,16,17). The molecule has 1 aromatic rings. The van der Waals surface area contributed by atoms with Crippen LogP contribution in [0.1, 0.15) is 24.9 Å². The van der Waals surface area contributed by atoms with Crippen LogP contribution in [0.5, 0.6) is 0 Å². The first kappa shape index (κ1) is 13.4. The Balaban J connectivity index is 2.18. The summed E-state index contributed by atoms with van der Waals surface area (Å²) < 4.78 is 13.7. The third-order valence-electron chi connectivity index (χ3n) is 3.14. The minimum Gasteiger partial charge on any atom is -0.349 e. The molecule has 18 heavy (non-hydrogen) atoms. The maximum absolute atomic E-state index is 13.7. The largest absolute Gasteiger partial charge is 0.349 e. The highest BCUT2D eigenvalue weighted by atomic mass is 32.2. The molecule has 0 saturated carbocycles. The van der Waals surface area contributed by atoms with E-state index in [1.54, 1.807) is 13.0 Å². The fourth-order valence-corrected chi connectivity index (χ4v) is 3.10. The van der Waals surface area contributed by atoms with Gasteiger partial charge in [0.1, 0.15) is 5.82 Å². The molecule has 98 valence electrons. The first-order chi connectivity index (χ1) is 8.63. The number of rotatable bonds is 3. The first-order valence-corrected chi connectivity index (χ1v) is 7.03. The number of hydrogen-bond acceptors (Lipinski definition) is 3. The van der Waals surface area contributed by atoms with Crippen LogP contribution in [-0.2, 0) is 4.79 Å². The SMILES string of the molecule is CC(CN)C(=O)NC1CCSc2c(F)cccc21. The van der Waals surface area contributed by atoms with E-state index in [2.05, 4.69) is 5.32 Å². The molecule has 0 aliphatic carbocycles. The van der Waals surface area contributed by atoms with Crippen LogP contribution in [0.3, 0.4) is 0 Å².